The zero-order valence-electron chi connectivity index (χ0n) is 10.5. The van der Waals surface area contributed by atoms with E-state index in [9.17, 15) is 0 Å². The van der Waals surface area contributed by atoms with Gasteiger partial charge in [-0.2, -0.15) is 0 Å². The van der Waals surface area contributed by atoms with Crippen LogP contribution in [-0.4, -0.2) is 55.8 Å². The SMILES string of the molecule is CCOC(CN1CCC(CCO)C1)OCC. The molecule has 0 amide bonds. The number of aliphatic hydroxyl groups excluding tert-OH is 1. The van der Waals surface area contributed by atoms with Crippen molar-refractivity contribution in [2.75, 3.05) is 39.5 Å². The number of ether oxygens (including phenoxy) is 2. The van der Waals surface area contributed by atoms with Crippen LogP contribution in [0.4, 0.5) is 0 Å². The summed E-state index contributed by atoms with van der Waals surface area (Å²) in [6, 6.07) is 0. The molecule has 1 unspecified atom stereocenters. The van der Waals surface area contributed by atoms with E-state index in [1.165, 1.54) is 6.42 Å². The Balaban J connectivity index is 2.24. The first-order chi connectivity index (χ1) is 7.80. The lowest BCUT2D eigenvalue weighted by molar-refractivity contribution is -0.145. The minimum atomic E-state index is -0.0946. The van der Waals surface area contributed by atoms with Crippen LogP contribution >= 0.6 is 0 Å². The smallest absolute Gasteiger partial charge is 0.170 e. The number of hydrogen-bond donors (Lipinski definition) is 1. The number of nitrogens with zero attached hydrogens (tertiary/aromatic N) is 1. The Morgan fingerprint density at radius 1 is 1.31 bits per heavy atom. The summed E-state index contributed by atoms with van der Waals surface area (Å²) >= 11 is 0. The highest BCUT2D eigenvalue weighted by Crippen LogP contribution is 2.19. The molecule has 4 nitrogen and oxygen atoms in total. The molecular weight excluding hydrogens is 206 g/mol. The minimum Gasteiger partial charge on any atom is -0.396 e. The molecule has 0 bridgehead atoms. The Morgan fingerprint density at radius 2 is 2.00 bits per heavy atom. The Labute approximate surface area is 98.5 Å². The molecule has 1 heterocycles. The van der Waals surface area contributed by atoms with Crippen molar-refractivity contribution in [1.82, 2.24) is 4.90 Å². The molecule has 0 radical (unpaired) electrons. The lowest BCUT2D eigenvalue weighted by Gasteiger charge is -2.23. The Kier molecular flexibility index (Phi) is 6.96. The maximum absolute atomic E-state index is 8.90. The first-order valence-corrected chi connectivity index (χ1v) is 6.36. The van der Waals surface area contributed by atoms with Crippen LogP contribution in [0.3, 0.4) is 0 Å². The second-order valence-electron chi connectivity index (χ2n) is 4.27. The number of likely N-dealkylation sites (tertiary alicyclic amines) is 1. The summed E-state index contributed by atoms with van der Waals surface area (Å²) in [5.41, 5.74) is 0. The van der Waals surface area contributed by atoms with E-state index >= 15 is 0 Å². The van der Waals surface area contributed by atoms with Crippen LogP contribution in [-0.2, 0) is 9.47 Å². The van der Waals surface area contributed by atoms with Gasteiger partial charge < -0.3 is 14.6 Å². The summed E-state index contributed by atoms with van der Waals surface area (Å²) < 4.78 is 11.1. The van der Waals surface area contributed by atoms with Crippen LogP contribution in [0.25, 0.3) is 0 Å². The van der Waals surface area contributed by atoms with E-state index in [2.05, 4.69) is 4.90 Å². The van der Waals surface area contributed by atoms with Crippen LogP contribution in [0.1, 0.15) is 26.7 Å². The molecule has 1 N–H and O–H groups in total. The van der Waals surface area contributed by atoms with E-state index in [1.807, 2.05) is 13.8 Å². The van der Waals surface area contributed by atoms with Gasteiger partial charge >= 0.3 is 0 Å². The first kappa shape index (κ1) is 13.9. The molecule has 1 fully saturated rings. The van der Waals surface area contributed by atoms with E-state index in [0.717, 1.165) is 26.1 Å². The van der Waals surface area contributed by atoms with Gasteiger partial charge in [-0.15, -0.1) is 0 Å². The molecule has 0 saturated carbocycles. The summed E-state index contributed by atoms with van der Waals surface area (Å²) in [6.07, 6.45) is 2.01. The molecule has 1 aliphatic heterocycles. The molecule has 4 heteroatoms. The van der Waals surface area contributed by atoms with E-state index in [1.54, 1.807) is 0 Å². The van der Waals surface area contributed by atoms with E-state index in [-0.39, 0.29) is 6.29 Å². The Hall–Kier alpha value is -0.160. The predicted octanol–water partition coefficient (Wildman–Crippen LogP) is 1.09. The van der Waals surface area contributed by atoms with Crippen molar-refractivity contribution >= 4 is 0 Å². The largest absolute Gasteiger partial charge is 0.396 e. The van der Waals surface area contributed by atoms with Gasteiger partial charge in [0, 0.05) is 32.9 Å². The highest BCUT2D eigenvalue weighted by molar-refractivity contribution is 4.76. The normalized spacial score (nSPS) is 22.1. The molecule has 0 spiro atoms. The summed E-state index contributed by atoms with van der Waals surface area (Å²) in [6.45, 7) is 8.69. The second-order valence-corrected chi connectivity index (χ2v) is 4.27. The summed E-state index contributed by atoms with van der Waals surface area (Å²) in [4.78, 5) is 2.37. The van der Waals surface area contributed by atoms with Crippen LogP contribution in [0, 0.1) is 5.92 Å². The van der Waals surface area contributed by atoms with Crippen molar-refractivity contribution in [3.8, 4) is 0 Å². The van der Waals surface area contributed by atoms with Crippen LogP contribution in [0.5, 0.6) is 0 Å². The molecule has 0 aromatic rings. The maximum Gasteiger partial charge on any atom is 0.170 e. The topological polar surface area (TPSA) is 41.9 Å². The quantitative estimate of drug-likeness (QED) is 0.635. The molecule has 0 aromatic carbocycles. The lowest BCUT2D eigenvalue weighted by Crippen LogP contribution is -2.34. The van der Waals surface area contributed by atoms with Crippen molar-refractivity contribution < 1.29 is 14.6 Å². The van der Waals surface area contributed by atoms with Gasteiger partial charge in [0.15, 0.2) is 6.29 Å². The van der Waals surface area contributed by atoms with Gasteiger partial charge in [-0.1, -0.05) is 0 Å². The van der Waals surface area contributed by atoms with Crippen molar-refractivity contribution in [3.05, 3.63) is 0 Å². The summed E-state index contributed by atoms with van der Waals surface area (Å²) in [7, 11) is 0. The van der Waals surface area contributed by atoms with Crippen molar-refractivity contribution in [2.45, 2.75) is 33.0 Å². The van der Waals surface area contributed by atoms with E-state index in [0.29, 0.717) is 25.7 Å². The molecule has 0 aliphatic carbocycles. The third-order valence-corrected chi connectivity index (χ3v) is 3.02. The average molecular weight is 231 g/mol. The molecule has 1 atom stereocenters. The Morgan fingerprint density at radius 3 is 2.56 bits per heavy atom. The van der Waals surface area contributed by atoms with Gasteiger partial charge in [0.25, 0.3) is 0 Å². The number of aliphatic hydroxyl groups is 1. The lowest BCUT2D eigenvalue weighted by atomic mass is 10.1. The highest BCUT2D eigenvalue weighted by Gasteiger charge is 2.24. The van der Waals surface area contributed by atoms with Gasteiger partial charge in [0.05, 0.1) is 0 Å². The summed E-state index contributed by atoms with van der Waals surface area (Å²) in [5.74, 6) is 0.647. The second kappa shape index (κ2) is 8.01. The van der Waals surface area contributed by atoms with Gasteiger partial charge in [0.2, 0.25) is 0 Å². The van der Waals surface area contributed by atoms with Crippen molar-refractivity contribution in [1.29, 1.82) is 0 Å². The van der Waals surface area contributed by atoms with E-state index < -0.39 is 0 Å². The maximum atomic E-state index is 8.90. The van der Waals surface area contributed by atoms with Gasteiger partial charge in [-0.05, 0) is 39.2 Å². The minimum absolute atomic E-state index is 0.0946. The molecule has 96 valence electrons. The standard InChI is InChI=1S/C12H25NO3/c1-3-15-12(16-4-2)10-13-7-5-11(9-13)6-8-14/h11-12,14H,3-10H2,1-2H3. The monoisotopic (exact) mass is 231 g/mol. The van der Waals surface area contributed by atoms with Gasteiger partial charge in [0.1, 0.15) is 0 Å². The number of hydrogen-bond acceptors (Lipinski definition) is 4. The van der Waals surface area contributed by atoms with Crippen molar-refractivity contribution in [2.24, 2.45) is 5.92 Å². The highest BCUT2D eigenvalue weighted by atomic mass is 16.7. The van der Waals surface area contributed by atoms with Gasteiger partial charge in [-0.25, -0.2) is 0 Å². The zero-order valence-corrected chi connectivity index (χ0v) is 10.5. The first-order valence-electron chi connectivity index (χ1n) is 6.36. The molecule has 1 saturated heterocycles. The fourth-order valence-electron chi connectivity index (χ4n) is 2.23. The fourth-order valence-corrected chi connectivity index (χ4v) is 2.23. The Bertz CT molecular complexity index is 172. The molecule has 1 rings (SSSR count). The zero-order chi connectivity index (χ0) is 11.8. The third kappa shape index (κ3) is 4.78. The van der Waals surface area contributed by atoms with E-state index in [4.69, 9.17) is 14.6 Å². The molecule has 16 heavy (non-hydrogen) atoms. The van der Waals surface area contributed by atoms with Gasteiger partial charge in [-0.3, -0.25) is 4.90 Å². The molecular formula is C12H25NO3. The summed E-state index contributed by atoms with van der Waals surface area (Å²) in [5, 5.41) is 8.90. The fraction of sp³-hybridized carbons (Fsp3) is 1.00. The molecule has 0 aromatic heterocycles. The predicted molar refractivity (Wildman–Crippen MR) is 63.3 cm³/mol. The van der Waals surface area contributed by atoms with Crippen molar-refractivity contribution in [3.63, 3.8) is 0 Å². The van der Waals surface area contributed by atoms with Crippen LogP contribution in [0.15, 0.2) is 0 Å². The van der Waals surface area contributed by atoms with Crippen LogP contribution in [0.2, 0.25) is 0 Å². The third-order valence-electron chi connectivity index (χ3n) is 3.02. The van der Waals surface area contributed by atoms with Crippen LogP contribution < -0.4 is 0 Å². The number of rotatable bonds is 8. The molecule has 1 aliphatic rings. The average Bonchev–Trinajstić information content (AvgIpc) is 2.67.